The molecular weight excluding hydrogens is 576 g/mol. The van der Waals surface area contributed by atoms with Crippen LogP contribution in [0.3, 0.4) is 0 Å². The molecule has 3 unspecified atom stereocenters. The van der Waals surface area contributed by atoms with Crippen molar-refractivity contribution in [1.82, 2.24) is 9.80 Å². The van der Waals surface area contributed by atoms with Gasteiger partial charge in [-0.05, 0) is 38.3 Å². The lowest BCUT2D eigenvalue weighted by Crippen LogP contribution is -2.70. The number of carbonyl (C=O) groups is 3. The van der Waals surface area contributed by atoms with Crippen molar-refractivity contribution in [3.63, 3.8) is 0 Å². The summed E-state index contributed by atoms with van der Waals surface area (Å²) in [6.45, 7) is 7.24. The van der Waals surface area contributed by atoms with Crippen LogP contribution in [0.15, 0.2) is 6.07 Å². The Bertz CT molecular complexity index is 1640. The van der Waals surface area contributed by atoms with Crippen molar-refractivity contribution in [1.29, 1.82) is 0 Å². The van der Waals surface area contributed by atoms with Gasteiger partial charge in [-0.25, -0.2) is 4.79 Å². The largest absolute Gasteiger partial charge is 0.504 e. The number of carbonyl (C=O) groups excluding carboxylic acids is 3. The van der Waals surface area contributed by atoms with Crippen molar-refractivity contribution >= 4 is 29.5 Å². The number of methoxy groups -OCH3 is 1. The zero-order valence-electron chi connectivity index (χ0n) is 24.5. The molecule has 226 valence electrons. The normalized spacial score (nSPS) is 31.8. The third-order valence-electron chi connectivity index (χ3n) is 10.2. The molecule has 6 heterocycles. The maximum atomic E-state index is 12.9. The molecule has 3 saturated heterocycles. The van der Waals surface area contributed by atoms with Crippen molar-refractivity contribution in [2.45, 2.75) is 75.6 Å². The minimum atomic E-state index is -0.863. The van der Waals surface area contributed by atoms with Gasteiger partial charge in [-0.3, -0.25) is 19.4 Å². The molecule has 11 nitrogen and oxygen atoms in total. The van der Waals surface area contributed by atoms with E-state index in [2.05, 4.69) is 22.8 Å². The summed E-state index contributed by atoms with van der Waals surface area (Å²) in [7, 11) is 1.56. The number of rotatable bonds is 2. The van der Waals surface area contributed by atoms with E-state index in [1.165, 1.54) is 18.7 Å². The molecule has 0 aromatic heterocycles. The van der Waals surface area contributed by atoms with Crippen LogP contribution in [0, 0.1) is 13.8 Å². The predicted molar refractivity (Wildman–Crippen MR) is 153 cm³/mol. The average Bonchev–Trinajstić information content (AvgIpc) is 3.53. The Hall–Kier alpha value is -3.48. The number of esters is 2. The van der Waals surface area contributed by atoms with E-state index >= 15 is 0 Å². The molecule has 3 fully saturated rings. The summed E-state index contributed by atoms with van der Waals surface area (Å²) in [5.41, 5.74) is 4.93. The van der Waals surface area contributed by atoms with E-state index in [9.17, 15) is 19.5 Å². The summed E-state index contributed by atoms with van der Waals surface area (Å²) in [4.78, 5) is 43.1. The number of cyclic esters (lactones) is 1. The maximum Gasteiger partial charge on any atom is 0.375 e. The van der Waals surface area contributed by atoms with Gasteiger partial charge in [0.05, 0.1) is 30.2 Å². The number of thioether (sulfide) groups is 1. The number of phenols is 1. The molecule has 2 aromatic carbocycles. The quantitative estimate of drug-likeness (QED) is 0.305. The summed E-state index contributed by atoms with van der Waals surface area (Å²) >= 11 is 1.33. The first-order valence-corrected chi connectivity index (χ1v) is 15.6. The van der Waals surface area contributed by atoms with Crippen LogP contribution in [0.2, 0.25) is 0 Å². The summed E-state index contributed by atoms with van der Waals surface area (Å²) < 4.78 is 29.3. The van der Waals surface area contributed by atoms with Gasteiger partial charge in [0.25, 0.3) is 0 Å². The fraction of sp³-hybridized carbons (Fsp3) is 0.516. The van der Waals surface area contributed by atoms with Crippen molar-refractivity contribution in [2.24, 2.45) is 0 Å². The number of piperazine rings is 1. The fourth-order valence-electron chi connectivity index (χ4n) is 8.63. The number of nitrogens with zero attached hydrogens (tertiary/aromatic N) is 2. The van der Waals surface area contributed by atoms with E-state index in [-0.39, 0.29) is 55.1 Å². The molecule has 1 N–H and O–H groups in total. The fourth-order valence-corrected chi connectivity index (χ4v) is 9.97. The second kappa shape index (κ2) is 9.26. The minimum Gasteiger partial charge on any atom is -0.504 e. The summed E-state index contributed by atoms with van der Waals surface area (Å²) in [6, 6.07) is 1.43. The Morgan fingerprint density at radius 3 is 2.56 bits per heavy atom. The SMILES string of the molecule is COc1c(C)cc2c(c1O)[C@@H]1C3[C@@H]4SCC(=O)C(=O)OC[C@@H](c5c6c(c(C)c(OC(C)=O)c54)OCO6)N3[C@@H](C)C3CC2N31. The van der Waals surface area contributed by atoms with Crippen LogP contribution < -0.4 is 18.9 Å². The lowest BCUT2D eigenvalue weighted by molar-refractivity contribution is -0.168. The number of benzene rings is 2. The predicted octanol–water partition coefficient (Wildman–Crippen LogP) is 3.57. The van der Waals surface area contributed by atoms with Gasteiger partial charge < -0.3 is 28.8 Å². The number of phenolic OH excluding ortho intramolecular Hbond substituents is 1. The van der Waals surface area contributed by atoms with Gasteiger partial charge in [-0.15, -0.1) is 11.8 Å². The van der Waals surface area contributed by atoms with Crippen molar-refractivity contribution in [3.05, 3.63) is 39.4 Å². The van der Waals surface area contributed by atoms with E-state index in [1.807, 2.05) is 13.8 Å². The zero-order valence-corrected chi connectivity index (χ0v) is 25.3. The van der Waals surface area contributed by atoms with Crippen LogP contribution in [0.1, 0.15) is 77.0 Å². The molecule has 7 atom stereocenters. The number of hydrogen-bond donors (Lipinski definition) is 1. The van der Waals surface area contributed by atoms with Gasteiger partial charge >= 0.3 is 11.9 Å². The number of hydrogen-bond acceptors (Lipinski definition) is 12. The first kappa shape index (κ1) is 27.1. The Kier molecular flexibility index (Phi) is 5.84. The highest BCUT2D eigenvalue weighted by atomic mass is 32.2. The molecule has 0 amide bonds. The number of fused-ring (bicyclic) bond motifs is 8. The second-order valence-electron chi connectivity index (χ2n) is 12.2. The highest BCUT2D eigenvalue weighted by Crippen LogP contribution is 2.69. The third kappa shape index (κ3) is 3.42. The van der Waals surface area contributed by atoms with Crippen molar-refractivity contribution < 1.29 is 43.2 Å². The lowest BCUT2D eigenvalue weighted by Gasteiger charge is -2.64. The maximum absolute atomic E-state index is 12.9. The van der Waals surface area contributed by atoms with E-state index in [0.29, 0.717) is 28.6 Å². The van der Waals surface area contributed by atoms with Crippen molar-refractivity contribution in [2.75, 3.05) is 26.3 Å². The standard InChI is InChI=1S/C31H32N2O9S/c1-11-6-15-17-7-16-13(3)32-18-8-39-31(37)19(35)9-43-30(24(32)23(33(16)17)20(15)25(36)26(11)38-5)22-21(18)29-28(40-10-41-29)12(2)27(22)42-14(4)34/h6,13,16-18,23-24,30,36H,7-10H2,1-5H3/t13-,16?,17?,18-,23+,24?,30+/m0/s1. The first-order valence-electron chi connectivity index (χ1n) is 14.5. The summed E-state index contributed by atoms with van der Waals surface area (Å²) in [5, 5.41) is 11.3. The summed E-state index contributed by atoms with van der Waals surface area (Å²) in [5.74, 6) is -0.0645. The molecule has 6 aliphatic heterocycles. The average molecular weight is 609 g/mol. The van der Waals surface area contributed by atoms with Gasteiger partial charge in [-0.1, -0.05) is 6.07 Å². The smallest absolute Gasteiger partial charge is 0.375 e. The van der Waals surface area contributed by atoms with Gasteiger partial charge in [0.2, 0.25) is 12.6 Å². The van der Waals surface area contributed by atoms with Gasteiger partial charge in [0, 0.05) is 53.3 Å². The van der Waals surface area contributed by atoms with Crippen LogP contribution in [-0.4, -0.2) is 77.0 Å². The van der Waals surface area contributed by atoms with E-state index < -0.39 is 29.0 Å². The second-order valence-corrected chi connectivity index (χ2v) is 13.3. The molecule has 0 spiro atoms. The molecule has 0 aliphatic carbocycles. The van der Waals surface area contributed by atoms with Crippen LogP contribution in [0.4, 0.5) is 0 Å². The number of aryl methyl sites for hydroxylation is 1. The van der Waals surface area contributed by atoms with Crippen LogP contribution in [-0.2, 0) is 19.1 Å². The monoisotopic (exact) mass is 608 g/mol. The molecule has 2 aromatic rings. The third-order valence-corrected chi connectivity index (χ3v) is 11.5. The highest BCUT2D eigenvalue weighted by Gasteiger charge is 2.65. The van der Waals surface area contributed by atoms with Gasteiger partial charge in [0.1, 0.15) is 12.4 Å². The first-order chi connectivity index (χ1) is 20.6. The van der Waals surface area contributed by atoms with Gasteiger partial charge in [-0.2, -0.15) is 0 Å². The van der Waals surface area contributed by atoms with E-state index in [4.69, 9.17) is 23.7 Å². The van der Waals surface area contributed by atoms with Crippen LogP contribution >= 0.6 is 11.8 Å². The van der Waals surface area contributed by atoms with Crippen LogP contribution in [0.25, 0.3) is 0 Å². The molecule has 8 rings (SSSR count). The topological polar surface area (TPSA) is 124 Å². The lowest BCUT2D eigenvalue weighted by atomic mass is 9.74. The van der Waals surface area contributed by atoms with E-state index in [0.717, 1.165) is 34.2 Å². The Balaban J connectivity index is 1.43. The van der Waals surface area contributed by atoms with E-state index in [1.54, 1.807) is 7.11 Å². The molecule has 2 bridgehead atoms. The number of Topliss-reactive ketones (excluding diaryl/α,β-unsaturated/α-hetero) is 1. The van der Waals surface area contributed by atoms with Gasteiger partial charge in [0.15, 0.2) is 23.0 Å². The Morgan fingerprint density at radius 2 is 1.81 bits per heavy atom. The number of ketones is 1. The zero-order chi connectivity index (χ0) is 30.1. The molecule has 0 saturated carbocycles. The Labute approximate surface area is 252 Å². The Morgan fingerprint density at radius 1 is 1.05 bits per heavy atom. The number of ether oxygens (including phenoxy) is 5. The molecule has 0 radical (unpaired) electrons. The molecule has 12 heteroatoms. The number of aromatic hydroxyl groups is 1. The minimum absolute atomic E-state index is 0.00895. The molecule has 6 aliphatic rings. The highest BCUT2D eigenvalue weighted by molar-refractivity contribution is 8.00. The molecule has 43 heavy (non-hydrogen) atoms. The van der Waals surface area contributed by atoms with Crippen LogP contribution in [0.5, 0.6) is 28.7 Å². The summed E-state index contributed by atoms with van der Waals surface area (Å²) in [6.07, 6.45) is 0.916. The molecular formula is C31H32N2O9S. The van der Waals surface area contributed by atoms with Crippen molar-refractivity contribution in [3.8, 4) is 28.7 Å².